The molecule has 1 aliphatic rings. The van der Waals surface area contributed by atoms with Gasteiger partial charge in [-0.3, -0.25) is 10.1 Å². The van der Waals surface area contributed by atoms with Crippen molar-refractivity contribution in [2.24, 2.45) is 0 Å². The lowest BCUT2D eigenvalue weighted by atomic mass is 9.91. The molecule has 2 unspecified atom stereocenters. The van der Waals surface area contributed by atoms with Gasteiger partial charge in [-0.1, -0.05) is 12.8 Å². The van der Waals surface area contributed by atoms with Crippen molar-refractivity contribution in [3.63, 3.8) is 0 Å². The van der Waals surface area contributed by atoms with Crippen molar-refractivity contribution in [2.45, 2.75) is 37.8 Å². The molecule has 2 rings (SSSR count). The molecule has 2 atom stereocenters. The zero-order valence-corrected chi connectivity index (χ0v) is 11.3. The Bertz CT molecular complexity index is 553. The molecule has 1 aromatic rings. The van der Waals surface area contributed by atoms with Gasteiger partial charge in [-0.15, -0.1) is 0 Å². The maximum Gasteiger partial charge on any atom is 0.287 e. The van der Waals surface area contributed by atoms with Gasteiger partial charge < -0.3 is 10.0 Å². The van der Waals surface area contributed by atoms with Crippen molar-refractivity contribution in [1.82, 2.24) is 0 Å². The van der Waals surface area contributed by atoms with Gasteiger partial charge in [0.1, 0.15) is 11.6 Å². The Balaban J connectivity index is 2.28. The van der Waals surface area contributed by atoms with Crippen molar-refractivity contribution < 1.29 is 10.0 Å². The first kappa shape index (κ1) is 14.3. The smallest absolute Gasteiger partial charge is 0.287 e. The lowest BCUT2D eigenvalue weighted by Crippen LogP contribution is -2.43. The van der Waals surface area contributed by atoms with E-state index in [9.17, 15) is 15.2 Å². The maximum absolute atomic E-state index is 10.8. The highest BCUT2D eigenvalue weighted by atomic mass is 16.6. The fourth-order valence-corrected chi connectivity index (χ4v) is 2.73. The van der Waals surface area contributed by atoms with Gasteiger partial charge in [-0.2, -0.15) is 5.26 Å². The van der Waals surface area contributed by atoms with Crippen LogP contribution in [0.1, 0.15) is 31.2 Å². The summed E-state index contributed by atoms with van der Waals surface area (Å²) in [6, 6.07) is 6.34. The molecule has 1 saturated carbocycles. The largest absolute Gasteiger partial charge is 0.391 e. The number of benzene rings is 1. The Morgan fingerprint density at radius 3 is 2.75 bits per heavy atom. The van der Waals surface area contributed by atoms with E-state index in [2.05, 4.69) is 0 Å². The zero-order valence-electron chi connectivity index (χ0n) is 11.3. The molecule has 1 fully saturated rings. The molecule has 0 radical (unpaired) electrons. The summed E-state index contributed by atoms with van der Waals surface area (Å²) in [4.78, 5) is 12.2. The highest BCUT2D eigenvalue weighted by Crippen LogP contribution is 2.29. The number of nitro benzene ring substituents is 1. The third-order valence-electron chi connectivity index (χ3n) is 3.90. The van der Waals surface area contributed by atoms with E-state index in [1.54, 1.807) is 6.07 Å². The van der Waals surface area contributed by atoms with Crippen molar-refractivity contribution in [1.29, 1.82) is 5.26 Å². The van der Waals surface area contributed by atoms with Crippen LogP contribution in [0.2, 0.25) is 0 Å². The number of hydrogen-bond donors (Lipinski definition) is 1. The predicted octanol–water partition coefficient (Wildman–Crippen LogP) is 2.21. The fourth-order valence-electron chi connectivity index (χ4n) is 2.73. The second-order valence-corrected chi connectivity index (χ2v) is 5.10. The lowest BCUT2D eigenvalue weighted by Gasteiger charge is -2.36. The Labute approximate surface area is 117 Å². The van der Waals surface area contributed by atoms with Gasteiger partial charge in [0.15, 0.2) is 0 Å². The van der Waals surface area contributed by atoms with E-state index < -0.39 is 11.0 Å². The number of rotatable bonds is 3. The molecule has 0 heterocycles. The summed E-state index contributed by atoms with van der Waals surface area (Å²) in [5, 5.41) is 29.9. The molecule has 6 nitrogen and oxygen atoms in total. The molecule has 1 N–H and O–H groups in total. The van der Waals surface area contributed by atoms with E-state index in [1.807, 2.05) is 18.0 Å². The number of aliphatic hydroxyl groups excluding tert-OH is 1. The molecule has 0 aliphatic heterocycles. The summed E-state index contributed by atoms with van der Waals surface area (Å²) in [7, 11) is 1.85. The Hall–Kier alpha value is -2.13. The highest BCUT2D eigenvalue weighted by Gasteiger charge is 2.27. The molecule has 106 valence electrons. The summed E-state index contributed by atoms with van der Waals surface area (Å²) in [5.41, 5.74) is 0.580. The van der Waals surface area contributed by atoms with E-state index in [1.165, 1.54) is 12.1 Å². The molecule has 1 aliphatic carbocycles. The molecule has 6 heteroatoms. The number of likely N-dealkylation sites (N-methyl/N-ethyl adjacent to an activating group) is 1. The van der Waals surface area contributed by atoms with Gasteiger partial charge in [0.05, 0.1) is 17.1 Å². The van der Waals surface area contributed by atoms with Crippen molar-refractivity contribution in [3.05, 3.63) is 33.9 Å². The molecule has 0 saturated heterocycles. The van der Waals surface area contributed by atoms with Crippen LogP contribution in [0.25, 0.3) is 0 Å². The van der Waals surface area contributed by atoms with Crippen LogP contribution >= 0.6 is 0 Å². The highest BCUT2D eigenvalue weighted by molar-refractivity contribution is 5.60. The predicted molar refractivity (Wildman–Crippen MR) is 74.5 cm³/mol. The first-order valence-corrected chi connectivity index (χ1v) is 6.64. The molecule has 0 aromatic heterocycles. The number of aliphatic hydroxyl groups is 1. The molecular formula is C14H17N3O3. The molecule has 0 spiro atoms. The Kier molecular flexibility index (Phi) is 4.20. The summed E-state index contributed by atoms with van der Waals surface area (Å²) < 4.78 is 0. The van der Waals surface area contributed by atoms with Crippen LogP contribution in [0, 0.1) is 21.4 Å². The topological polar surface area (TPSA) is 90.4 Å². The summed E-state index contributed by atoms with van der Waals surface area (Å²) >= 11 is 0. The van der Waals surface area contributed by atoms with Crippen LogP contribution < -0.4 is 4.90 Å². The Morgan fingerprint density at radius 1 is 1.45 bits per heavy atom. The Morgan fingerprint density at radius 2 is 2.15 bits per heavy atom. The van der Waals surface area contributed by atoms with E-state index in [0.717, 1.165) is 31.4 Å². The average molecular weight is 275 g/mol. The van der Waals surface area contributed by atoms with Gasteiger partial charge in [0, 0.05) is 18.8 Å². The van der Waals surface area contributed by atoms with Crippen molar-refractivity contribution in [3.8, 4) is 6.07 Å². The van der Waals surface area contributed by atoms with Crippen LogP contribution in [-0.4, -0.2) is 29.2 Å². The van der Waals surface area contributed by atoms with Gasteiger partial charge in [0.25, 0.3) is 5.69 Å². The van der Waals surface area contributed by atoms with Crippen molar-refractivity contribution >= 4 is 11.4 Å². The maximum atomic E-state index is 10.8. The lowest BCUT2D eigenvalue weighted by molar-refractivity contribution is -0.385. The van der Waals surface area contributed by atoms with Crippen LogP contribution in [0.4, 0.5) is 11.4 Å². The normalized spacial score (nSPS) is 22.1. The zero-order chi connectivity index (χ0) is 14.7. The van der Waals surface area contributed by atoms with Crippen LogP contribution in [0.15, 0.2) is 18.2 Å². The van der Waals surface area contributed by atoms with Crippen molar-refractivity contribution in [2.75, 3.05) is 11.9 Å². The van der Waals surface area contributed by atoms with Crippen LogP contribution in [0.3, 0.4) is 0 Å². The number of nitrogens with zero attached hydrogens (tertiary/aromatic N) is 3. The van der Waals surface area contributed by atoms with Gasteiger partial charge in [0.2, 0.25) is 0 Å². The number of nitriles is 1. The number of anilines is 1. The van der Waals surface area contributed by atoms with E-state index in [-0.39, 0.29) is 17.3 Å². The standard InChI is InChI=1S/C14H17N3O3/c1-16(13-4-2-3-5-14(13)18)11-6-7-12(17(19)20)10(8-11)9-15/h6-8,13-14,18H,2-5H2,1H3. The third-order valence-corrected chi connectivity index (χ3v) is 3.90. The van der Waals surface area contributed by atoms with Crippen LogP contribution in [0.5, 0.6) is 0 Å². The number of nitro groups is 1. The minimum Gasteiger partial charge on any atom is -0.391 e. The first-order valence-electron chi connectivity index (χ1n) is 6.64. The SMILES string of the molecule is CN(c1ccc([N+](=O)[O-])c(C#N)c1)C1CCCCC1O. The summed E-state index contributed by atoms with van der Waals surface area (Å²) in [6.45, 7) is 0. The van der Waals surface area contributed by atoms with Gasteiger partial charge in [-0.05, 0) is 25.0 Å². The summed E-state index contributed by atoms with van der Waals surface area (Å²) in [6.07, 6.45) is 3.35. The molecule has 0 amide bonds. The van der Waals surface area contributed by atoms with Gasteiger partial charge in [-0.25, -0.2) is 0 Å². The average Bonchev–Trinajstić information content (AvgIpc) is 2.46. The monoisotopic (exact) mass is 275 g/mol. The van der Waals surface area contributed by atoms with Crippen LogP contribution in [-0.2, 0) is 0 Å². The molecular weight excluding hydrogens is 258 g/mol. The first-order chi connectivity index (χ1) is 9.54. The van der Waals surface area contributed by atoms with E-state index in [4.69, 9.17) is 5.26 Å². The number of hydrogen-bond acceptors (Lipinski definition) is 5. The second-order valence-electron chi connectivity index (χ2n) is 5.10. The minimum atomic E-state index is -0.558. The quantitative estimate of drug-likeness (QED) is 0.674. The molecule has 1 aromatic carbocycles. The molecule has 0 bridgehead atoms. The molecule has 20 heavy (non-hydrogen) atoms. The summed E-state index contributed by atoms with van der Waals surface area (Å²) in [5.74, 6) is 0. The minimum absolute atomic E-state index is 0.00301. The fraction of sp³-hybridized carbons (Fsp3) is 0.500. The van der Waals surface area contributed by atoms with Gasteiger partial charge >= 0.3 is 0 Å². The third kappa shape index (κ3) is 2.73. The second kappa shape index (κ2) is 5.88. The van der Waals surface area contributed by atoms with E-state index in [0.29, 0.717) is 0 Å². The van der Waals surface area contributed by atoms with E-state index >= 15 is 0 Å².